The second kappa shape index (κ2) is 7.81. The van der Waals surface area contributed by atoms with Crippen LogP contribution in [0.5, 0.6) is 0 Å². The molecule has 130 valence electrons. The highest BCUT2D eigenvalue weighted by Crippen LogP contribution is 2.27. The molecule has 7 heteroatoms. The molecule has 0 radical (unpaired) electrons. The third-order valence-corrected chi connectivity index (χ3v) is 4.90. The lowest BCUT2D eigenvalue weighted by atomic mass is 10.1. The molecular formula is C18H20BrN5O. The minimum atomic E-state index is 0.529. The zero-order valence-corrected chi connectivity index (χ0v) is 15.9. The second-order valence-electron chi connectivity index (χ2n) is 5.97. The molecule has 3 rings (SSSR count). The minimum absolute atomic E-state index is 0.529. The third-order valence-electron chi connectivity index (χ3n) is 4.41. The number of aromatic nitrogens is 2. The summed E-state index contributed by atoms with van der Waals surface area (Å²) < 4.78 is 6.49. The number of anilines is 2. The van der Waals surface area contributed by atoms with Crippen LogP contribution >= 0.6 is 15.9 Å². The van der Waals surface area contributed by atoms with E-state index in [-0.39, 0.29) is 0 Å². The predicted octanol–water partition coefficient (Wildman–Crippen LogP) is 3.18. The van der Waals surface area contributed by atoms with Crippen LogP contribution in [0.3, 0.4) is 0 Å². The van der Waals surface area contributed by atoms with Crippen molar-refractivity contribution in [3.8, 4) is 6.07 Å². The Balaban J connectivity index is 1.84. The Kier molecular flexibility index (Phi) is 5.51. The molecule has 0 unspecified atom stereocenters. The van der Waals surface area contributed by atoms with Gasteiger partial charge in [-0.25, -0.2) is 0 Å². The molecule has 1 saturated heterocycles. The molecule has 1 aliphatic heterocycles. The molecule has 0 aliphatic carbocycles. The van der Waals surface area contributed by atoms with Crippen molar-refractivity contribution in [2.75, 3.05) is 36.5 Å². The monoisotopic (exact) mass is 401 g/mol. The van der Waals surface area contributed by atoms with Gasteiger partial charge in [0, 0.05) is 29.8 Å². The average Bonchev–Trinajstić information content (AvgIpc) is 2.64. The van der Waals surface area contributed by atoms with Gasteiger partial charge < -0.3 is 15.0 Å². The molecule has 1 fully saturated rings. The van der Waals surface area contributed by atoms with Gasteiger partial charge in [-0.05, 0) is 37.1 Å². The van der Waals surface area contributed by atoms with Gasteiger partial charge in [0.15, 0.2) is 5.82 Å². The van der Waals surface area contributed by atoms with Gasteiger partial charge >= 0.3 is 0 Å². The van der Waals surface area contributed by atoms with Crippen molar-refractivity contribution in [1.82, 2.24) is 10.2 Å². The molecule has 0 spiro atoms. The maximum absolute atomic E-state index is 9.43. The summed E-state index contributed by atoms with van der Waals surface area (Å²) in [5.41, 5.74) is 4.51. The van der Waals surface area contributed by atoms with Gasteiger partial charge in [-0.1, -0.05) is 22.0 Å². The van der Waals surface area contributed by atoms with Crippen LogP contribution in [-0.4, -0.2) is 36.5 Å². The smallest absolute Gasteiger partial charge is 0.167 e. The van der Waals surface area contributed by atoms with Crippen molar-refractivity contribution in [2.45, 2.75) is 20.4 Å². The van der Waals surface area contributed by atoms with Crippen molar-refractivity contribution in [3.05, 3.63) is 45.1 Å². The average molecular weight is 402 g/mol. The Morgan fingerprint density at radius 3 is 2.76 bits per heavy atom. The van der Waals surface area contributed by atoms with Crippen molar-refractivity contribution in [1.29, 1.82) is 5.26 Å². The number of rotatable bonds is 4. The first-order valence-electron chi connectivity index (χ1n) is 8.19. The molecule has 1 N–H and O–H groups in total. The van der Waals surface area contributed by atoms with Crippen molar-refractivity contribution < 1.29 is 4.74 Å². The molecule has 25 heavy (non-hydrogen) atoms. The number of nitriles is 1. The summed E-state index contributed by atoms with van der Waals surface area (Å²) in [6.45, 7) is 7.55. The lowest BCUT2D eigenvalue weighted by Crippen LogP contribution is -2.37. The maximum atomic E-state index is 9.43. The number of hydrogen-bond acceptors (Lipinski definition) is 6. The molecule has 2 heterocycles. The predicted molar refractivity (Wildman–Crippen MR) is 101 cm³/mol. The number of halogens is 1. The Labute approximate surface area is 155 Å². The number of ether oxygens (including phenoxy) is 1. The largest absolute Gasteiger partial charge is 0.378 e. The fourth-order valence-electron chi connectivity index (χ4n) is 2.83. The Morgan fingerprint density at radius 2 is 2.04 bits per heavy atom. The second-order valence-corrected chi connectivity index (χ2v) is 6.89. The fourth-order valence-corrected chi connectivity index (χ4v) is 3.18. The molecule has 6 nitrogen and oxygen atoms in total. The van der Waals surface area contributed by atoms with E-state index in [9.17, 15) is 5.26 Å². The van der Waals surface area contributed by atoms with Gasteiger partial charge in [-0.2, -0.15) is 10.4 Å². The Bertz CT molecular complexity index is 812. The van der Waals surface area contributed by atoms with Crippen LogP contribution < -0.4 is 10.2 Å². The van der Waals surface area contributed by atoms with E-state index in [1.54, 1.807) is 0 Å². The first-order chi connectivity index (χ1) is 12.1. The summed E-state index contributed by atoms with van der Waals surface area (Å²) in [7, 11) is 0. The van der Waals surface area contributed by atoms with Crippen molar-refractivity contribution in [3.63, 3.8) is 0 Å². The summed E-state index contributed by atoms with van der Waals surface area (Å²) in [6.07, 6.45) is 0. The first-order valence-corrected chi connectivity index (χ1v) is 8.98. The van der Waals surface area contributed by atoms with Crippen LogP contribution in [0.1, 0.15) is 22.4 Å². The highest BCUT2D eigenvalue weighted by molar-refractivity contribution is 9.10. The Morgan fingerprint density at radius 1 is 1.28 bits per heavy atom. The zero-order chi connectivity index (χ0) is 17.8. The number of morpholine rings is 1. The summed E-state index contributed by atoms with van der Waals surface area (Å²) in [5, 5.41) is 21.0. The van der Waals surface area contributed by atoms with Crippen LogP contribution in [0, 0.1) is 25.2 Å². The van der Waals surface area contributed by atoms with E-state index >= 15 is 0 Å². The highest BCUT2D eigenvalue weighted by Gasteiger charge is 2.16. The van der Waals surface area contributed by atoms with E-state index in [2.05, 4.69) is 54.5 Å². The zero-order valence-electron chi connectivity index (χ0n) is 14.3. The van der Waals surface area contributed by atoms with Gasteiger partial charge in [0.2, 0.25) is 0 Å². The van der Waals surface area contributed by atoms with Crippen LogP contribution in [-0.2, 0) is 11.3 Å². The highest BCUT2D eigenvalue weighted by atomic mass is 79.9. The lowest BCUT2D eigenvalue weighted by Gasteiger charge is -2.31. The molecule has 1 aromatic carbocycles. The molecule has 1 aromatic heterocycles. The third kappa shape index (κ3) is 3.91. The van der Waals surface area contributed by atoms with Gasteiger partial charge in [0.1, 0.15) is 11.6 Å². The quantitative estimate of drug-likeness (QED) is 0.847. The Hall–Kier alpha value is -2.17. The number of nitrogens with one attached hydrogen (secondary N) is 1. The van der Waals surface area contributed by atoms with Crippen LogP contribution in [0.15, 0.2) is 22.7 Å². The summed E-state index contributed by atoms with van der Waals surface area (Å²) >= 11 is 3.56. The van der Waals surface area contributed by atoms with Gasteiger partial charge in [0.05, 0.1) is 18.9 Å². The van der Waals surface area contributed by atoms with Gasteiger partial charge in [0.25, 0.3) is 0 Å². The molecule has 0 atom stereocenters. The minimum Gasteiger partial charge on any atom is -0.378 e. The standard InChI is InChI=1S/C18H20BrN5O/c1-12-13(2)22-23-18(16(12)10-20)21-11-14-3-4-15(19)9-17(14)24-5-7-25-8-6-24/h3-4,9H,5-8,11H2,1-2H3,(H,21,23). The van der Waals surface area contributed by atoms with Crippen LogP contribution in [0.25, 0.3) is 0 Å². The fraction of sp³-hybridized carbons (Fsp3) is 0.389. The summed E-state index contributed by atoms with van der Waals surface area (Å²) in [6, 6.07) is 8.46. The topological polar surface area (TPSA) is 74.1 Å². The number of hydrogen-bond donors (Lipinski definition) is 1. The number of benzene rings is 1. The van der Waals surface area contributed by atoms with Crippen LogP contribution in [0.2, 0.25) is 0 Å². The maximum Gasteiger partial charge on any atom is 0.167 e. The van der Waals surface area contributed by atoms with E-state index in [4.69, 9.17) is 4.74 Å². The van der Waals surface area contributed by atoms with E-state index in [0.717, 1.165) is 47.6 Å². The first kappa shape index (κ1) is 17.6. The molecule has 0 saturated carbocycles. The van der Waals surface area contributed by atoms with Crippen molar-refractivity contribution >= 4 is 27.4 Å². The van der Waals surface area contributed by atoms with E-state index in [0.29, 0.717) is 17.9 Å². The van der Waals surface area contributed by atoms with E-state index in [1.165, 1.54) is 5.69 Å². The normalized spacial score (nSPS) is 14.2. The number of aryl methyl sites for hydroxylation is 1. The molecule has 0 amide bonds. The lowest BCUT2D eigenvalue weighted by molar-refractivity contribution is 0.122. The molecule has 0 bridgehead atoms. The summed E-state index contributed by atoms with van der Waals surface area (Å²) in [5.74, 6) is 0.529. The van der Waals surface area contributed by atoms with E-state index in [1.807, 2.05) is 19.9 Å². The van der Waals surface area contributed by atoms with Crippen LogP contribution in [0.4, 0.5) is 11.5 Å². The molecular weight excluding hydrogens is 382 g/mol. The number of nitrogens with zero attached hydrogens (tertiary/aromatic N) is 4. The van der Waals surface area contributed by atoms with Crippen molar-refractivity contribution in [2.24, 2.45) is 0 Å². The molecule has 1 aliphatic rings. The molecule has 2 aromatic rings. The van der Waals surface area contributed by atoms with Gasteiger partial charge in [-0.15, -0.1) is 5.10 Å². The SMILES string of the molecule is Cc1nnc(NCc2ccc(Br)cc2N2CCOCC2)c(C#N)c1C. The van der Waals surface area contributed by atoms with E-state index < -0.39 is 0 Å². The van der Waals surface area contributed by atoms with Gasteiger partial charge in [-0.3, -0.25) is 0 Å². The summed E-state index contributed by atoms with van der Waals surface area (Å²) in [4.78, 5) is 2.32.